The minimum atomic E-state index is -0.338. The van der Waals surface area contributed by atoms with Crippen LogP contribution in [-0.2, 0) is 16.0 Å². The predicted octanol–water partition coefficient (Wildman–Crippen LogP) is 2.38. The van der Waals surface area contributed by atoms with E-state index in [0.29, 0.717) is 36.9 Å². The smallest absolute Gasteiger partial charge is 0.251 e. The average molecular weight is 492 g/mol. The average Bonchev–Trinajstić information content (AvgIpc) is 3.63. The van der Waals surface area contributed by atoms with Crippen LogP contribution in [0.4, 0.5) is 5.69 Å². The fourth-order valence-corrected chi connectivity index (χ4v) is 4.49. The SMILES string of the molecule is CN(C)c1cc(C(=O)NCc2cnc(C3CC3)cn2)ccc1/C(C=NCC1OCC2(CCC2)O1)=N/N. The van der Waals surface area contributed by atoms with Gasteiger partial charge in [-0.1, -0.05) is 0 Å². The maximum Gasteiger partial charge on any atom is 0.251 e. The Hall–Kier alpha value is -3.37. The largest absolute Gasteiger partial charge is 0.377 e. The third-order valence-electron chi connectivity index (χ3n) is 6.95. The number of nitrogens with two attached hydrogens (primary N) is 1. The van der Waals surface area contributed by atoms with E-state index in [1.54, 1.807) is 18.5 Å². The summed E-state index contributed by atoms with van der Waals surface area (Å²) in [5, 5.41) is 6.86. The molecule has 1 aliphatic heterocycles. The topological polar surface area (TPSA) is 127 Å². The molecule has 3 N–H and O–H groups in total. The van der Waals surface area contributed by atoms with Gasteiger partial charge < -0.3 is 25.5 Å². The number of benzene rings is 1. The van der Waals surface area contributed by atoms with E-state index in [1.807, 2.05) is 37.3 Å². The summed E-state index contributed by atoms with van der Waals surface area (Å²) in [7, 11) is 3.81. The number of nitrogens with zero attached hydrogens (tertiary/aromatic N) is 5. The summed E-state index contributed by atoms with van der Waals surface area (Å²) in [6, 6.07) is 5.40. The number of anilines is 1. The first-order valence-electron chi connectivity index (χ1n) is 12.4. The first-order valence-corrected chi connectivity index (χ1v) is 12.4. The van der Waals surface area contributed by atoms with Gasteiger partial charge in [-0.2, -0.15) is 5.10 Å². The Balaban J connectivity index is 1.22. The van der Waals surface area contributed by atoms with Gasteiger partial charge in [0.15, 0.2) is 6.29 Å². The van der Waals surface area contributed by atoms with E-state index >= 15 is 0 Å². The number of hydrazone groups is 1. The highest BCUT2D eigenvalue weighted by Gasteiger charge is 2.45. The van der Waals surface area contributed by atoms with Crippen molar-refractivity contribution in [3.8, 4) is 0 Å². The Morgan fingerprint density at radius 2 is 2.11 bits per heavy atom. The second-order valence-corrected chi connectivity index (χ2v) is 9.92. The van der Waals surface area contributed by atoms with E-state index < -0.39 is 0 Å². The van der Waals surface area contributed by atoms with Gasteiger partial charge in [0.2, 0.25) is 0 Å². The van der Waals surface area contributed by atoms with E-state index in [0.717, 1.165) is 35.5 Å². The number of ether oxygens (including phenoxy) is 2. The highest BCUT2D eigenvalue weighted by Crippen LogP contribution is 2.41. The second-order valence-electron chi connectivity index (χ2n) is 9.92. The lowest BCUT2D eigenvalue weighted by molar-refractivity contribution is -0.110. The number of amides is 1. The number of rotatable bonds is 9. The molecule has 1 atom stereocenters. The fourth-order valence-electron chi connectivity index (χ4n) is 4.49. The van der Waals surface area contributed by atoms with Crippen molar-refractivity contribution in [1.82, 2.24) is 15.3 Å². The van der Waals surface area contributed by atoms with Crippen LogP contribution in [0.25, 0.3) is 0 Å². The Labute approximate surface area is 211 Å². The summed E-state index contributed by atoms with van der Waals surface area (Å²) in [6.07, 6.45) is 10.5. The number of hydrogen-bond donors (Lipinski definition) is 2. The summed E-state index contributed by atoms with van der Waals surface area (Å²) < 4.78 is 11.8. The zero-order valence-corrected chi connectivity index (χ0v) is 20.8. The molecule has 3 aliphatic rings. The number of carbonyl (C=O) groups excluding carboxylic acids is 1. The van der Waals surface area contributed by atoms with Crippen LogP contribution < -0.4 is 16.1 Å². The van der Waals surface area contributed by atoms with Gasteiger partial charge in [-0.15, -0.1) is 0 Å². The third kappa shape index (κ3) is 5.39. The van der Waals surface area contributed by atoms with Gasteiger partial charge in [-0.3, -0.25) is 19.8 Å². The van der Waals surface area contributed by atoms with Crippen molar-refractivity contribution in [3.63, 3.8) is 0 Å². The van der Waals surface area contributed by atoms with Gasteiger partial charge in [0.1, 0.15) is 5.71 Å². The number of aliphatic imine (C=N–C) groups is 1. The van der Waals surface area contributed by atoms with Crippen LogP contribution in [0.2, 0.25) is 0 Å². The van der Waals surface area contributed by atoms with Crippen molar-refractivity contribution in [2.24, 2.45) is 15.9 Å². The molecule has 2 aromatic rings. The molecule has 1 aromatic heterocycles. The lowest BCUT2D eigenvalue weighted by Crippen LogP contribution is -2.39. The summed E-state index contributed by atoms with van der Waals surface area (Å²) in [5.74, 6) is 6.07. The molecule has 1 spiro atoms. The van der Waals surface area contributed by atoms with E-state index in [4.69, 9.17) is 15.3 Å². The number of aromatic nitrogens is 2. The normalized spacial score (nSPS) is 21.1. The van der Waals surface area contributed by atoms with Gasteiger partial charge >= 0.3 is 0 Å². The quantitative estimate of drug-likeness (QED) is 0.313. The molecule has 2 saturated carbocycles. The molecule has 10 nitrogen and oxygen atoms in total. The molecule has 0 bridgehead atoms. The van der Waals surface area contributed by atoms with Crippen molar-refractivity contribution in [3.05, 3.63) is 53.1 Å². The lowest BCUT2D eigenvalue weighted by atomic mass is 9.81. The molecule has 3 fully saturated rings. The maximum atomic E-state index is 12.8. The van der Waals surface area contributed by atoms with Crippen molar-refractivity contribution >= 4 is 23.5 Å². The first-order chi connectivity index (χ1) is 17.5. The molecule has 0 radical (unpaired) electrons. The second kappa shape index (κ2) is 10.3. The maximum absolute atomic E-state index is 12.8. The number of hydrogen-bond acceptors (Lipinski definition) is 9. The lowest BCUT2D eigenvalue weighted by Gasteiger charge is -2.35. The highest BCUT2D eigenvalue weighted by atomic mass is 16.7. The Morgan fingerprint density at radius 1 is 1.28 bits per heavy atom. The third-order valence-corrected chi connectivity index (χ3v) is 6.95. The molecule has 1 saturated heterocycles. The monoisotopic (exact) mass is 491 g/mol. The predicted molar refractivity (Wildman–Crippen MR) is 137 cm³/mol. The highest BCUT2D eigenvalue weighted by molar-refractivity contribution is 6.39. The van der Waals surface area contributed by atoms with Crippen LogP contribution in [0.3, 0.4) is 0 Å². The first kappa shape index (κ1) is 24.3. The summed E-state index contributed by atoms with van der Waals surface area (Å²) in [4.78, 5) is 28.1. The zero-order chi connectivity index (χ0) is 25.1. The van der Waals surface area contributed by atoms with Gasteiger partial charge in [-0.05, 0) is 50.3 Å². The summed E-state index contributed by atoms with van der Waals surface area (Å²) in [5.41, 5.74) is 4.27. The molecule has 190 valence electrons. The summed E-state index contributed by atoms with van der Waals surface area (Å²) >= 11 is 0. The van der Waals surface area contributed by atoms with Crippen LogP contribution in [0.15, 0.2) is 40.7 Å². The molecule has 36 heavy (non-hydrogen) atoms. The summed E-state index contributed by atoms with van der Waals surface area (Å²) in [6.45, 7) is 1.32. The van der Waals surface area contributed by atoms with Gasteiger partial charge in [0, 0.05) is 49.2 Å². The van der Waals surface area contributed by atoms with Crippen molar-refractivity contribution < 1.29 is 14.3 Å². The Bertz CT molecular complexity index is 1150. The minimum absolute atomic E-state index is 0.0912. The van der Waals surface area contributed by atoms with Gasteiger partial charge in [0.05, 0.1) is 42.9 Å². The molecule has 2 heterocycles. The molecular formula is C26H33N7O3. The molecule has 1 aromatic carbocycles. The minimum Gasteiger partial charge on any atom is -0.377 e. The van der Waals surface area contributed by atoms with Crippen molar-refractivity contribution in [1.29, 1.82) is 0 Å². The van der Waals surface area contributed by atoms with Crippen LogP contribution in [0.1, 0.15) is 65.3 Å². The molecular weight excluding hydrogens is 458 g/mol. The Morgan fingerprint density at radius 3 is 2.72 bits per heavy atom. The van der Waals surface area contributed by atoms with Crippen molar-refractivity contribution in [2.45, 2.75) is 56.5 Å². The van der Waals surface area contributed by atoms with Crippen LogP contribution in [0, 0.1) is 0 Å². The Kier molecular flexibility index (Phi) is 6.97. The van der Waals surface area contributed by atoms with Gasteiger partial charge in [-0.25, -0.2) is 0 Å². The van der Waals surface area contributed by atoms with E-state index in [9.17, 15) is 4.79 Å². The molecule has 1 amide bonds. The van der Waals surface area contributed by atoms with E-state index in [1.165, 1.54) is 19.3 Å². The molecule has 1 unspecified atom stereocenters. The van der Waals surface area contributed by atoms with E-state index in [2.05, 4.69) is 25.4 Å². The zero-order valence-electron chi connectivity index (χ0n) is 20.8. The van der Waals surface area contributed by atoms with E-state index in [-0.39, 0.29) is 17.8 Å². The van der Waals surface area contributed by atoms with Crippen LogP contribution in [0.5, 0.6) is 0 Å². The molecule has 2 aliphatic carbocycles. The van der Waals surface area contributed by atoms with Crippen LogP contribution >= 0.6 is 0 Å². The number of carbonyl (C=O) groups is 1. The van der Waals surface area contributed by atoms with Crippen molar-refractivity contribution in [2.75, 3.05) is 32.1 Å². The molecule has 10 heteroatoms. The number of nitrogens with one attached hydrogen (secondary N) is 1. The van der Waals surface area contributed by atoms with Crippen LogP contribution in [-0.4, -0.2) is 66.9 Å². The molecule has 5 rings (SSSR count). The standard InChI is InChI=1S/C26H33N7O3/c1-33(2)23-10-18(25(34)31-12-19-11-30-21(14-29-19)17-4-5-17)6-7-20(23)22(32-27)13-28-15-24-35-16-26(36-24)8-3-9-26/h6-7,10-11,13-14,17,24H,3-5,8-9,12,15-16,27H2,1-2H3,(H,31,34)/b28-13?,32-22+. The van der Waals surface area contributed by atoms with Gasteiger partial charge in [0.25, 0.3) is 5.91 Å². The fraction of sp³-hybridized carbons (Fsp3) is 0.500.